The number of aryl methyl sites for hydroxylation is 1. The summed E-state index contributed by atoms with van der Waals surface area (Å²) in [6, 6.07) is 6.85. The maximum absolute atomic E-state index is 12.9. The van der Waals surface area contributed by atoms with Crippen LogP contribution in [0.3, 0.4) is 0 Å². The highest BCUT2D eigenvalue weighted by Gasteiger charge is 2.54. The second kappa shape index (κ2) is 7.98. The van der Waals surface area contributed by atoms with Crippen molar-refractivity contribution in [2.45, 2.75) is 57.5 Å². The Hall–Kier alpha value is -3.49. The number of imide groups is 1. The first-order valence-corrected chi connectivity index (χ1v) is 10.5. The number of nitrogens with zero attached hydrogens (tertiary/aromatic N) is 2. The topological polar surface area (TPSA) is 124 Å². The summed E-state index contributed by atoms with van der Waals surface area (Å²) in [7, 11) is 0. The Morgan fingerprint density at radius 2 is 1.97 bits per heavy atom. The van der Waals surface area contributed by atoms with Crippen molar-refractivity contribution in [3.63, 3.8) is 0 Å². The number of aromatic amines is 1. The minimum Gasteiger partial charge on any atom is -0.324 e. The van der Waals surface area contributed by atoms with E-state index in [1.807, 2.05) is 6.92 Å². The van der Waals surface area contributed by atoms with E-state index in [1.54, 1.807) is 24.3 Å². The number of urea groups is 1. The van der Waals surface area contributed by atoms with Crippen LogP contribution in [0.4, 0.5) is 10.5 Å². The summed E-state index contributed by atoms with van der Waals surface area (Å²) in [6.07, 6.45) is 3.59. The number of carbonyl (C=O) groups is 3. The van der Waals surface area contributed by atoms with Gasteiger partial charge in [-0.25, -0.2) is 14.7 Å². The Balaban J connectivity index is 1.52. The first-order valence-electron chi connectivity index (χ1n) is 10.5. The normalized spacial score (nSPS) is 18.3. The minimum atomic E-state index is -0.961. The van der Waals surface area contributed by atoms with Crippen molar-refractivity contribution < 1.29 is 14.4 Å². The van der Waals surface area contributed by atoms with Crippen LogP contribution in [0.2, 0.25) is 0 Å². The van der Waals surface area contributed by atoms with Crippen molar-refractivity contribution in [3.05, 3.63) is 46.4 Å². The van der Waals surface area contributed by atoms with Crippen LogP contribution >= 0.6 is 0 Å². The quantitative estimate of drug-likeness (QED) is 0.636. The molecule has 1 aromatic carbocycles. The smallest absolute Gasteiger partial charge is 0.324 e. The third-order valence-electron chi connectivity index (χ3n) is 5.98. The van der Waals surface area contributed by atoms with E-state index < -0.39 is 23.5 Å². The summed E-state index contributed by atoms with van der Waals surface area (Å²) in [5.74, 6) is -0.394. The lowest BCUT2D eigenvalue weighted by Gasteiger charge is -2.23. The highest BCUT2D eigenvalue weighted by molar-refractivity contribution is 6.11. The van der Waals surface area contributed by atoms with Crippen LogP contribution in [0.25, 0.3) is 11.4 Å². The van der Waals surface area contributed by atoms with E-state index in [1.165, 1.54) is 13.0 Å². The number of H-pyrrole nitrogens is 1. The number of carbonyl (C=O) groups excluding carboxylic acids is 3. The Labute approximate surface area is 179 Å². The van der Waals surface area contributed by atoms with Crippen molar-refractivity contribution in [1.82, 2.24) is 20.2 Å². The highest BCUT2D eigenvalue weighted by Crippen LogP contribution is 2.35. The van der Waals surface area contributed by atoms with E-state index in [0.29, 0.717) is 42.0 Å². The van der Waals surface area contributed by atoms with Gasteiger partial charge in [-0.3, -0.25) is 14.4 Å². The highest BCUT2D eigenvalue weighted by atomic mass is 16.2. The number of amides is 4. The number of rotatable bonds is 5. The molecule has 3 N–H and O–H groups in total. The van der Waals surface area contributed by atoms with Gasteiger partial charge in [-0.2, -0.15) is 0 Å². The molecule has 4 rings (SSSR count). The predicted octanol–water partition coefficient (Wildman–Crippen LogP) is 2.19. The molecule has 162 valence electrons. The van der Waals surface area contributed by atoms with Crippen molar-refractivity contribution in [2.75, 3.05) is 5.32 Å². The van der Waals surface area contributed by atoms with Crippen molar-refractivity contribution in [2.24, 2.45) is 0 Å². The molecule has 2 heterocycles. The molecular weight excluding hydrogens is 398 g/mol. The SMILES string of the molecule is CCc1cc(=O)[nH]c(-c2cccc(NC(=O)C(C)N3C(=O)NC4(CCCC4)C3=O)c2)n1. The zero-order valence-corrected chi connectivity index (χ0v) is 17.5. The number of nitrogens with one attached hydrogen (secondary N) is 3. The predicted molar refractivity (Wildman–Crippen MR) is 114 cm³/mol. The second-order valence-corrected chi connectivity index (χ2v) is 8.08. The maximum Gasteiger partial charge on any atom is 0.325 e. The van der Waals surface area contributed by atoms with Gasteiger partial charge in [0.1, 0.15) is 17.4 Å². The molecule has 1 saturated heterocycles. The molecule has 31 heavy (non-hydrogen) atoms. The van der Waals surface area contributed by atoms with Crippen molar-refractivity contribution in [1.29, 1.82) is 0 Å². The van der Waals surface area contributed by atoms with E-state index in [4.69, 9.17) is 0 Å². The Kier molecular flexibility index (Phi) is 5.34. The third-order valence-corrected chi connectivity index (χ3v) is 5.98. The molecule has 2 aliphatic rings. The van der Waals surface area contributed by atoms with Gasteiger partial charge in [-0.1, -0.05) is 31.9 Å². The molecular formula is C22H25N5O4. The van der Waals surface area contributed by atoms with Gasteiger partial charge in [-0.05, 0) is 38.3 Å². The van der Waals surface area contributed by atoms with Crippen molar-refractivity contribution >= 4 is 23.5 Å². The monoisotopic (exact) mass is 423 g/mol. The first kappa shape index (κ1) is 20.8. The van der Waals surface area contributed by atoms with E-state index in [9.17, 15) is 19.2 Å². The van der Waals surface area contributed by atoms with Crippen LogP contribution in [0, 0.1) is 0 Å². The molecule has 0 bridgehead atoms. The summed E-state index contributed by atoms with van der Waals surface area (Å²) in [5.41, 5.74) is 0.678. The van der Waals surface area contributed by atoms with Gasteiger partial charge in [0.2, 0.25) is 5.91 Å². The van der Waals surface area contributed by atoms with Crippen LogP contribution in [0.5, 0.6) is 0 Å². The van der Waals surface area contributed by atoms with Crippen LogP contribution in [-0.4, -0.2) is 44.3 Å². The number of hydrogen-bond acceptors (Lipinski definition) is 5. The molecule has 9 heteroatoms. The van der Waals surface area contributed by atoms with E-state index >= 15 is 0 Å². The second-order valence-electron chi connectivity index (χ2n) is 8.08. The molecule has 1 aliphatic carbocycles. The standard InChI is InChI=1S/C22H25N5O4/c1-3-15-12-17(28)25-18(23-15)14-7-6-8-16(11-14)24-19(29)13(2)27-20(30)22(26-21(27)31)9-4-5-10-22/h6-8,11-13H,3-5,9-10H2,1-2H3,(H,24,29)(H,26,31)(H,23,25,28). The molecule has 1 unspecified atom stereocenters. The van der Waals surface area contributed by atoms with Gasteiger partial charge in [0.15, 0.2) is 0 Å². The largest absolute Gasteiger partial charge is 0.325 e. The minimum absolute atomic E-state index is 0.246. The Morgan fingerprint density at radius 1 is 1.23 bits per heavy atom. The Bertz CT molecular complexity index is 1100. The van der Waals surface area contributed by atoms with E-state index in [2.05, 4.69) is 20.6 Å². The number of anilines is 1. The molecule has 9 nitrogen and oxygen atoms in total. The zero-order chi connectivity index (χ0) is 22.2. The van der Waals surface area contributed by atoms with Gasteiger partial charge in [0.05, 0.1) is 0 Å². The summed E-state index contributed by atoms with van der Waals surface area (Å²) < 4.78 is 0. The average Bonchev–Trinajstić information content (AvgIpc) is 3.31. The number of aromatic nitrogens is 2. The van der Waals surface area contributed by atoms with E-state index in [0.717, 1.165) is 17.7 Å². The lowest BCUT2D eigenvalue weighted by molar-refractivity contribution is -0.136. The van der Waals surface area contributed by atoms with E-state index in [-0.39, 0.29) is 11.5 Å². The molecule has 1 saturated carbocycles. The van der Waals surface area contributed by atoms with Crippen LogP contribution in [0.1, 0.15) is 45.2 Å². The van der Waals surface area contributed by atoms with Crippen molar-refractivity contribution in [3.8, 4) is 11.4 Å². The lowest BCUT2D eigenvalue weighted by atomic mass is 9.97. The molecule has 2 fully saturated rings. The summed E-state index contributed by atoms with van der Waals surface area (Å²) in [6.45, 7) is 3.45. The fraction of sp³-hybridized carbons (Fsp3) is 0.409. The molecule has 1 aromatic heterocycles. The third kappa shape index (κ3) is 3.83. The van der Waals surface area contributed by atoms with Gasteiger partial charge >= 0.3 is 6.03 Å². The Morgan fingerprint density at radius 3 is 2.68 bits per heavy atom. The number of hydrogen-bond donors (Lipinski definition) is 3. The van der Waals surface area contributed by atoms with Gasteiger partial charge < -0.3 is 15.6 Å². The van der Waals surface area contributed by atoms with Crippen LogP contribution in [0.15, 0.2) is 35.1 Å². The number of benzene rings is 1. The summed E-state index contributed by atoms with van der Waals surface area (Å²) in [5, 5.41) is 5.55. The first-order chi connectivity index (χ1) is 14.8. The molecule has 1 spiro atoms. The van der Waals surface area contributed by atoms with Gasteiger partial charge in [0.25, 0.3) is 11.5 Å². The molecule has 2 aromatic rings. The van der Waals surface area contributed by atoms with Gasteiger partial charge in [-0.15, -0.1) is 0 Å². The fourth-order valence-electron chi connectivity index (χ4n) is 4.24. The zero-order valence-electron chi connectivity index (χ0n) is 17.5. The average molecular weight is 423 g/mol. The van der Waals surface area contributed by atoms with Crippen LogP contribution < -0.4 is 16.2 Å². The maximum atomic E-state index is 12.9. The molecule has 4 amide bonds. The molecule has 1 atom stereocenters. The molecule has 0 radical (unpaired) electrons. The molecule has 1 aliphatic heterocycles. The fourth-order valence-corrected chi connectivity index (χ4v) is 4.24. The summed E-state index contributed by atoms with van der Waals surface area (Å²) in [4.78, 5) is 58.2. The van der Waals surface area contributed by atoms with Crippen LogP contribution in [-0.2, 0) is 16.0 Å². The lowest BCUT2D eigenvalue weighted by Crippen LogP contribution is -2.48. The summed E-state index contributed by atoms with van der Waals surface area (Å²) >= 11 is 0. The van der Waals surface area contributed by atoms with Gasteiger partial charge in [0, 0.05) is 23.0 Å².